The van der Waals surface area contributed by atoms with Crippen molar-refractivity contribution >= 4 is 11.9 Å². The van der Waals surface area contributed by atoms with Gasteiger partial charge in [-0.05, 0) is 37.7 Å². The van der Waals surface area contributed by atoms with Gasteiger partial charge in [0.2, 0.25) is 5.91 Å². The molecule has 120 valence electrons. The molecule has 1 aliphatic carbocycles. The topological polar surface area (TPSA) is 88.6 Å². The molecular weight excluding hydrogens is 282 g/mol. The highest BCUT2D eigenvalue weighted by Crippen LogP contribution is 2.30. The van der Waals surface area contributed by atoms with E-state index in [1.807, 2.05) is 11.0 Å². The van der Waals surface area contributed by atoms with Crippen LogP contribution < -0.4 is 11.1 Å². The molecule has 3 rings (SSSR count). The van der Waals surface area contributed by atoms with E-state index in [1.54, 1.807) is 6.26 Å². The molecule has 3 amide bonds. The molecule has 22 heavy (non-hydrogen) atoms. The maximum Gasteiger partial charge on any atom is 0.317 e. The van der Waals surface area contributed by atoms with Crippen molar-refractivity contribution in [3.05, 3.63) is 23.7 Å². The highest BCUT2D eigenvalue weighted by Gasteiger charge is 2.28. The number of likely N-dealkylation sites (tertiary alicyclic amines) is 1. The Morgan fingerprint density at radius 2 is 2.23 bits per heavy atom. The molecule has 0 spiro atoms. The maximum absolute atomic E-state index is 12.5. The fourth-order valence-corrected chi connectivity index (χ4v) is 3.58. The zero-order valence-corrected chi connectivity index (χ0v) is 12.7. The van der Waals surface area contributed by atoms with Crippen LogP contribution in [0.4, 0.5) is 4.79 Å². The Balaban J connectivity index is 1.59. The summed E-state index contributed by atoms with van der Waals surface area (Å²) in [5.74, 6) is 0.886. The number of carbonyl (C=O) groups is 2. The minimum atomic E-state index is -0.289. The summed E-state index contributed by atoms with van der Waals surface area (Å²) in [6, 6.07) is 1.94. The summed E-state index contributed by atoms with van der Waals surface area (Å²) < 4.78 is 5.46. The number of amides is 3. The van der Waals surface area contributed by atoms with Crippen molar-refractivity contribution in [3.63, 3.8) is 0 Å². The normalized spacial score (nSPS) is 24.6. The smallest absolute Gasteiger partial charge is 0.317 e. The second-order valence-electron chi connectivity index (χ2n) is 6.32. The molecule has 1 saturated heterocycles. The molecule has 2 atom stereocenters. The van der Waals surface area contributed by atoms with Gasteiger partial charge in [-0.25, -0.2) is 4.79 Å². The predicted molar refractivity (Wildman–Crippen MR) is 81.0 cm³/mol. The third-order valence-electron chi connectivity index (χ3n) is 4.65. The molecule has 0 aromatic carbocycles. The molecule has 2 heterocycles. The molecule has 1 aromatic heterocycles. The van der Waals surface area contributed by atoms with E-state index >= 15 is 0 Å². The lowest BCUT2D eigenvalue weighted by Crippen LogP contribution is -2.47. The average molecular weight is 305 g/mol. The van der Waals surface area contributed by atoms with Crippen LogP contribution in [-0.4, -0.2) is 29.9 Å². The monoisotopic (exact) mass is 305 g/mol. The number of primary amides is 1. The number of fused-ring (bicyclic) bond motifs is 1. The van der Waals surface area contributed by atoms with Gasteiger partial charge in [-0.2, -0.15) is 0 Å². The maximum atomic E-state index is 12.5. The van der Waals surface area contributed by atoms with E-state index < -0.39 is 0 Å². The molecule has 3 N–H and O–H groups in total. The summed E-state index contributed by atoms with van der Waals surface area (Å²) in [5, 5.41) is 3.12. The number of nitrogens with two attached hydrogens (primary N) is 1. The van der Waals surface area contributed by atoms with Crippen LogP contribution in [-0.2, 0) is 11.2 Å². The molecule has 6 nitrogen and oxygen atoms in total. The zero-order chi connectivity index (χ0) is 15.5. The van der Waals surface area contributed by atoms with Gasteiger partial charge < -0.3 is 20.4 Å². The fraction of sp³-hybridized carbons (Fsp3) is 0.625. The van der Waals surface area contributed by atoms with Crippen LogP contribution >= 0.6 is 0 Å². The molecule has 0 radical (unpaired) electrons. The Morgan fingerprint density at radius 1 is 1.36 bits per heavy atom. The summed E-state index contributed by atoms with van der Waals surface area (Å²) in [6.45, 7) is 1.35. The van der Waals surface area contributed by atoms with Crippen molar-refractivity contribution in [1.29, 1.82) is 0 Å². The fourth-order valence-electron chi connectivity index (χ4n) is 3.58. The second-order valence-corrected chi connectivity index (χ2v) is 6.32. The van der Waals surface area contributed by atoms with Gasteiger partial charge in [-0.3, -0.25) is 4.79 Å². The minimum absolute atomic E-state index is 0.0338. The van der Waals surface area contributed by atoms with E-state index in [2.05, 4.69) is 5.32 Å². The Labute approximate surface area is 130 Å². The van der Waals surface area contributed by atoms with E-state index in [1.165, 1.54) is 0 Å². The van der Waals surface area contributed by atoms with Gasteiger partial charge in [-0.1, -0.05) is 0 Å². The van der Waals surface area contributed by atoms with Gasteiger partial charge in [-0.15, -0.1) is 0 Å². The Hall–Kier alpha value is -1.98. The summed E-state index contributed by atoms with van der Waals surface area (Å²) in [6.07, 6.45) is 6.85. The first-order chi connectivity index (χ1) is 10.6. The standard InChI is InChI=1S/C16H23N3O3/c17-15(20)9-11-3-2-7-19(10-11)16(21)18-13-4-1-5-14-12(13)6-8-22-14/h6,8,11,13H,1-5,7,9-10H2,(H2,17,20)(H,18,21). The Kier molecular flexibility index (Phi) is 4.36. The Bertz CT molecular complexity index is 555. The molecule has 6 heteroatoms. The van der Waals surface area contributed by atoms with Crippen molar-refractivity contribution in [1.82, 2.24) is 10.2 Å². The lowest BCUT2D eigenvalue weighted by Gasteiger charge is -2.34. The van der Waals surface area contributed by atoms with Gasteiger partial charge in [0.15, 0.2) is 0 Å². The van der Waals surface area contributed by atoms with Crippen molar-refractivity contribution in [2.45, 2.75) is 44.6 Å². The largest absolute Gasteiger partial charge is 0.469 e. The van der Waals surface area contributed by atoms with Gasteiger partial charge in [0.1, 0.15) is 5.76 Å². The van der Waals surface area contributed by atoms with Gasteiger partial charge >= 0.3 is 6.03 Å². The number of nitrogens with one attached hydrogen (secondary N) is 1. The van der Waals surface area contributed by atoms with Crippen LogP contribution in [0.5, 0.6) is 0 Å². The van der Waals surface area contributed by atoms with Crippen LogP contribution in [0.15, 0.2) is 16.7 Å². The number of hydrogen-bond donors (Lipinski definition) is 2. The number of carbonyl (C=O) groups excluding carboxylic acids is 2. The molecule has 2 aliphatic rings. The van der Waals surface area contributed by atoms with E-state index in [0.717, 1.165) is 50.0 Å². The molecule has 1 aromatic rings. The van der Waals surface area contributed by atoms with E-state index in [0.29, 0.717) is 13.0 Å². The highest BCUT2D eigenvalue weighted by atomic mass is 16.3. The number of aryl methyl sites for hydroxylation is 1. The quantitative estimate of drug-likeness (QED) is 0.894. The predicted octanol–water partition coefficient (Wildman–Crippen LogP) is 1.95. The number of hydrogen-bond acceptors (Lipinski definition) is 3. The second kappa shape index (κ2) is 6.42. The van der Waals surface area contributed by atoms with Crippen molar-refractivity contribution < 1.29 is 14.0 Å². The molecule has 0 bridgehead atoms. The number of rotatable bonds is 3. The molecule has 2 unspecified atom stereocenters. The summed E-state index contributed by atoms with van der Waals surface area (Å²) in [4.78, 5) is 25.4. The molecule has 0 saturated carbocycles. The SMILES string of the molecule is NC(=O)CC1CCCN(C(=O)NC2CCCc3occc32)C1. The van der Waals surface area contributed by atoms with Gasteiger partial charge in [0.25, 0.3) is 0 Å². The number of nitrogens with zero attached hydrogens (tertiary/aromatic N) is 1. The van der Waals surface area contributed by atoms with Gasteiger partial charge in [0, 0.05) is 31.5 Å². The Morgan fingerprint density at radius 3 is 3.05 bits per heavy atom. The first-order valence-electron chi connectivity index (χ1n) is 8.03. The minimum Gasteiger partial charge on any atom is -0.469 e. The van der Waals surface area contributed by atoms with Crippen molar-refractivity contribution in [3.8, 4) is 0 Å². The number of piperidine rings is 1. The average Bonchev–Trinajstić information content (AvgIpc) is 2.96. The van der Waals surface area contributed by atoms with Gasteiger partial charge in [0.05, 0.1) is 12.3 Å². The third-order valence-corrected chi connectivity index (χ3v) is 4.65. The molecule has 1 aliphatic heterocycles. The first kappa shape index (κ1) is 14.9. The molecular formula is C16H23N3O3. The van der Waals surface area contributed by atoms with E-state index in [4.69, 9.17) is 10.2 Å². The summed E-state index contributed by atoms with van der Waals surface area (Å²) >= 11 is 0. The van der Waals surface area contributed by atoms with E-state index in [9.17, 15) is 9.59 Å². The summed E-state index contributed by atoms with van der Waals surface area (Å²) in [5.41, 5.74) is 6.37. The number of urea groups is 1. The molecule has 1 fully saturated rings. The van der Waals surface area contributed by atoms with Crippen molar-refractivity contribution in [2.24, 2.45) is 11.7 Å². The lowest BCUT2D eigenvalue weighted by molar-refractivity contribution is -0.119. The summed E-state index contributed by atoms with van der Waals surface area (Å²) in [7, 11) is 0. The van der Waals surface area contributed by atoms with E-state index in [-0.39, 0.29) is 23.9 Å². The van der Waals surface area contributed by atoms with Crippen LogP contribution in [0.1, 0.15) is 49.5 Å². The van der Waals surface area contributed by atoms with Crippen molar-refractivity contribution in [2.75, 3.05) is 13.1 Å². The van der Waals surface area contributed by atoms with Crippen LogP contribution in [0.3, 0.4) is 0 Å². The van der Waals surface area contributed by atoms with Crippen LogP contribution in [0.25, 0.3) is 0 Å². The highest BCUT2D eigenvalue weighted by molar-refractivity contribution is 5.76. The van der Waals surface area contributed by atoms with Crippen LogP contribution in [0, 0.1) is 5.92 Å². The first-order valence-corrected chi connectivity index (χ1v) is 8.03. The number of furan rings is 1. The zero-order valence-electron chi connectivity index (χ0n) is 12.7. The lowest BCUT2D eigenvalue weighted by atomic mass is 9.93. The third kappa shape index (κ3) is 3.26. The van der Waals surface area contributed by atoms with Crippen LogP contribution in [0.2, 0.25) is 0 Å².